The number of nitrogens with one attached hydrogen (secondary N) is 1. The topological polar surface area (TPSA) is 71.5 Å². The van der Waals surface area contributed by atoms with Crippen molar-refractivity contribution in [1.82, 2.24) is 24.9 Å². The Bertz CT molecular complexity index is 543. The lowest BCUT2D eigenvalue weighted by molar-refractivity contribution is -0.135. The summed E-state index contributed by atoms with van der Waals surface area (Å²) in [5.74, 6) is 1.07. The molecule has 0 spiro atoms. The van der Waals surface area contributed by atoms with Crippen molar-refractivity contribution in [3.63, 3.8) is 0 Å². The Morgan fingerprint density at radius 1 is 1.03 bits per heavy atom. The van der Waals surface area contributed by atoms with Gasteiger partial charge in [-0.1, -0.05) is 13.3 Å². The van der Waals surface area contributed by atoms with E-state index in [0.717, 1.165) is 77.5 Å². The smallest absolute Gasteiger partial charge is 0.243 e. The van der Waals surface area contributed by atoms with Crippen LogP contribution in [0, 0.1) is 0 Å². The lowest BCUT2D eigenvalue weighted by Crippen LogP contribution is -2.57. The number of hydrogen-bond acceptors (Lipinski definition) is 4. The van der Waals surface area contributed by atoms with Gasteiger partial charge in [-0.05, 0) is 26.2 Å². The summed E-state index contributed by atoms with van der Waals surface area (Å²) in [6.07, 6.45) is 4.44. The molecule has 9 heteroatoms. The van der Waals surface area contributed by atoms with Gasteiger partial charge in [-0.25, -0.2) is 4.99 Å². The SMILES string of the molecule is CCCCNC(=NCC(=O)N(C)C)N1CCN(C(C)C(=O)N2CCCC2)CC1.I. The molecule has 0 saturated carbocycles. The zero-order valence-corrected chi connectivity index (χ0v) is 20.9. The summed E-state index contributed by atoms with van der Waals surface area (Å²) in [5, 5.41) is 3.41. The number of likely N-dealkylation sites (N-methyl/N-ethyl adjacent to an activating group) is 1. The fraction of sp³-hybridized carbons (Fsp3) is 0.850. The molecule has 2 rings (SSSR count). The molecule has 168 valence electrons. The lowest BCUT2D eigenvalue weighted by atomic mass is 10.2. The van der Waals surface area contributed by atoms with Crippen LogP contribution in [0.2, 0.25) is 0 Å². The van der Waals surface area contributed by atoms with Crippen LogP contribution in [0.5, 0.6) is 0 Å². The van der Waals surface area contributed by atoms with Crippen LogP contribution in [0.4, 0.5) is 0 Å². The molecule has 0 aromatic heterocycles. The zero-order valence-electron chi connectivity index (χ0n) is 18.5. The summed E-state index contributed by atoms with van der Waals surface area (Å²) in [7, 11) is 3.50. The minimum atomic E-state index is -0.0657. The molecule has 2 saturated heterocycles. The first kappa shape index (κ1) is 25.9. The first-order valence-electron chi connectivity index (χ1n) is 10.7. The van der Waals surface area contributed by atoms with Crippen LogP contribution in [0.15, 0.2) is 4.99 Å². The maximum Gasteiger partial charge on any atom is 0.243 e. The van der Waals surface area contributed by atoms with Gasteiger partial charge in [0.2, 0.25) is 11.8 Å². The third-order valence-electron chi connectivity index (χ3n) is 5.61. The normalized spacial score (nSPS) is 19.0. The van der Waals surface area contributed by atoms with Gasteiger partial charge in [-0.15, -0.1) is 24.0 Å². The van der Waals surface area contributed by atoms with E-state index >= 15 is 0 Å². The third-order valence-corrected chi connectivity index (χ3v) is 5.61. The molecule has 2 heterocycles. The lowest BCUT2D eigenvalue weighted by Gasteiger charge is -2.39. The Labute approximate surface area is 193 Å². The van der Waals surface area contributed by atoms with Crippen LogP contribution in [-0.2, 0) is 9.59 Å². The molecule has 1 atom stereocenters. The number of amides is 2. The summed E-state index contributed by atoms with van der Waals surface area (Å²) < 4.78 is 0. The van der Waals surface area contributed by atoms with Gasteiger partial charge in [0.25, 0.3) is 0 Å². The van der Waals surface area contributed by atoms with Crippen molar-refractivity contribution in [1.29, 1.82) is 0 Å². The van der Waals surface area contributed by atoms with E-state index in [9.17, 15) is 9.59 Å². The number of nitrogens with zero attached hydrogens (tertiary/aromatic N) is 5. The fourth-order valence-corrected chi connectivity index (χ4v) is 3.61. The first-order chi connectivity index (χ1) is 13.4. The van der Waals surface area contributed by atoms with Crippen molar-refractivity contribution >= 4 is 41.8 Å². The number of aliphatic imine (C=N–C) groups is 1. The van der Waals surface area contributed by atoms with E-state index < -0.39 is 0 Å². The van der Waals surface area contributed by atoms with Crippen LogP contribution in [-0.4, -0.2) is 110 Å². The number of halogens is 1. The summed E-state index contributed by atoms with van der Waals surface area (Å²) >= 11 is 0. The summed E-state index contributed by atoms with van der Waals surface area (Å²) in [6, 6.07) is -0.0657. The van der Waals surface area contributed by atoms with Crippen LogP contribution in [0.25, 0.3) is 0 Å². The second-order valence-corrected chi connectivity index (χ2v) is 7.94. The van der Waals surface area contributed by atoms with Crippen molar-refractivity contribution < 1.29 is 9.59 Å². The molecule has 0 aromatic rings. The van der Waals surface area contributed by atoms with Crippen LogP contribution in [0.1, 0.15) is 39.5 Å². The average Bonchev–Trinajstić information content (AvgIpc) is 3.24. The second-order valence-electron chi connectivity index (χ2n) is 7.94. The largest absolute Gasteiger partial charge is 0.356 e. The van der Waals surface area contributed by atoms with E-state index in [0.29, 0.717) is 0 Å². The monoisotopic (exact) mass is 522 g/mol. The van der Waals surface area contributed by atoms with Crippen molar-refractivity contribution in [3.8, 4) is 0 Å². The van der Waals surface area contributed by atoms with Gasteiger partial charge in [-0.2, -0.15) is 0 Å². The van der Waals surface area contributed by atoms with Crippen LogP contribution < -0.4 is 5.32 Å². The molecule has 29 heavy (non-hydrogen) atoms. The number of guanidine groups is 1. The molecule has 2 aliphatic rings. The predicted octanol–water partition coefficient (Wildman–Crippen LogP) is 1.07. The van der Waals surface area contributed by atoms with Gasteiger partial charge in [-0.3, -0.25) is 14.5 Å². The zero-order chi connectivity index (χ0) is 20.5. The molecular formula is C20H39IN6O2. The highest BCUT2D eigenvalue weighted by Crippen LogP contribution is 2.14. The van der Waals surface area contributed by atoms with Gasteiger partial charge in [0.05, 0.1) is 6.04 Å². The van der Waals surface area contributed by atoms with Crippen molar-refractivity contribution in [3.05, 3.63) is 0 Å². The fourth-order valence-electron chi connectivity index (χ4n) is 3.61. The molecule has 8 nitrogen and oxygen atoms in total. The molecule has 0 bridgehead atoms. The van der Waals surface area contributed by atoms with Gasteiger partial charge >= 0.3 is 0 Å². The van der Waals surface area contributed by atoms with E-state index in [2.05, 4.69) is 27.0 Å². The quantitative estimate of drug-likeness (QED) is 0.235. The number of carbonyl (C=O) groups is 2. The summed E-state index contributed by atoms with van der Waals surface area (Å²) in [5.41, 5.74) is 0. The van der Waals surface area contributed by atoms with Gasteiger partial charge < -0.3 is 20.0 Å². The van der Waals surface area contributed by atoms with Crippen LogP contribution >= 0.6 is 24.0 Å². The Balaban J connectivity index is 0.00000420. The predicted molar refractivity (Wildman–Crippen MR) is 128 cm³/mol. The van der Waals surface area contributed by atoms with Crippen molar-refractivity contribution in [2.24, 2.45) is 4.99 Å². The minimum absolute atomic E-state index is 0. The molecule has 1 N–H and O–H groups in total. The molecular weight excluding hydrogens is 483 g/mol. The number of unbranched alkanes of at least 4 members (excludes halogenated alkanes) is 1. The summed E-state index contributed by atoms with van der Waals surface area (Å²) in [4.78, 5) is 37.2. The first-order valence-corrected chi connectivity index (χ1v) is 10.7. The standard InChI is InChI=1S/C20H38N6O2.HI/c1-5-6-9-21-20(22-16-18(27)23(3)4)26-14-12-24(13-15-26)17(2)19(28)25-10-7-8-11-25;/h17H,5-16H2,1-4H3,(H,21,22);1H. The highest BCUT2D eigenvalue weighted by Gasteiger charge is 2.30. The van der Waals surface area contributed by atoms with E-state index in [1.54, 1.807) is 19.0 Å². The van der Waals surface area contributed by atoms with E-state index in [1.807, 2.05) is 11.8 Å². The molecule has 2 fully saturated rings. The molecule has 0 aromatic carbocycles. The van der Waals surface area contributed by atoms with Gasteiger partial charge in [0.15, 0.2) is 5.96 Å². The van der Waals surface area contributed by atoms with Crippen LogP contribution in [0.3, 0.4) is 0 Å². The third kappa shape index (κ3) is 7.92. The Kier molecular flexibility index (Phi) is 11.9. The molecule has 1 unspecified atom stereocenters. The number of rotatable bonds is 7. The molecule has 0 aliphatic carbocycles. The van der Waals surface area contributed by atoms with Crippen molar-refractivity contribution in [2.75, 3.05) is 66.5 Å². The van der Waals surface area contributed by atoms with Gasteiger partial charge in [0.1, 0.15) is 6.54 Å². The Morgan fingerprint density at radius 3 is 2.21 bits per heavy atom. The highest BCUT2D eigenvalue weighted by molar-refractivity contribution is 14.0. The number of piperazine rings is 1. The maximum atomic E-state index is 12.7. The van der Waals surface area contributed by atoms with E-state index in [-0.39, 0.29) is 48.4 Å². The molecule has 0 radical (unpaired) electrons. The number of likely N-dealkylation sites (tertiary alicyclic amines) is 1. The van der Waals surface area contributed by atoms with E-state index in [4.69, 9.17) is 0 Å². The highest BCUT2D eigenvalue weighted by atomic mass is 127. The Morgan fingerprint density at radius 2 is 1.66 bits per heavy atom. The molecule has 2 amide bonds. The Hall–Kier alpha value is -1.10. The van der Waals surface area contributed by atoms with Gasteiger partial charge in [0, 0.05) is 59.9 Å². The van der Waals surface area contributed by atoms with Crippen molar-refractivity contribution in [2.45, 2.75) is 45.6 Å². The average molecular weight is 522 g/mol. The number of carbonyl (C=O) groups excluding carboxylic acids is 2. The number of hydrogen-bond donors (Lipinski definition) is 1. The summed E-state index contributed by atoms with van der Waals surface area (Å²) in [6.45, 7) is 10.3. The maximum absolute atomic E-state index is 12.7. The second kappa shape index (κ2) is 13.3. The van der Waals surface area contributed by atoms with E-state index in [1.165, 1.54) is 0 Å². The minimum Gasteiger partial charge on any atom is -0.356 e. The molecule has 2 aliphatic heterocycles.